The van der Waals surface area contributed by atoms with Crippen molar-refractivity contribution in [3.63, 3.8) is 0 Å². The number of rotatable bonds is 6. The van der Waals surface area contributed by atoms with Crippen molar-refractivity contribution in [1.29, 1.82) is 0 Å². The maximum absolute atomic E-state index is 12.2. The van der Waals surface area contributed by atoms with Crippen LogP contribution in [0.2, 0.25) is 5.02 Å². The van der Waals surface area contributed by atoms with Gasteiger partial charge in [0, 0.05) is 0 Å². The van der Waals surface area contributed by atoms with Crippen LogP contribution in [0, 0.1) is 6.92 Å². The van der Waals surface area contributed by atoms with Gasteiger partial charge in [0.1, 0.15) is 5.54 Å². The summed E-state index contributed by atoms with van der Waals surface area (Å²) in [6.07, 6.45) is 0. The van der Waals surface area contributed by atoms with Crippen LogP contribution >= 0.6 is 11.6 Å². The fourth-order valence-corrected chi connectivity index (χ4v) is 2.56. The molecule has 0 bridgehead atoms. The third kappa shape index (κ3) is 4.13. The van der Waals surface area contributed by atoms with Crippen LogP contribution in [0.4, 0.5) is 5.69 Å². The summed E-state index contributed by atoms with van der Waals surface area (Å²) in [4.78, 5) is 24.1. The smallest absolute Gasteiger partial charge is 0.242 e. The molecule has 1 unspecified atom stereocenters. The zero-order valence-electron chi connectivity index (χ0n) is 13.6. The van der Waals surface area contributed by atoms with Gasteiger partial charge in [-0.1, -0.05) is 48.0 Å². The molecule has 4 N–H and O–H groups in total. The third-order valence-electron chi connectivity index (χ3n) is 3.85. The van der Waals surface area contributed by atoms with Gasteiger partial charge in [0.2, 0.25) is 11.8 Å². The van der Waals surface area contributed by atoms with Crippen molar-refractivity contribution in [2.75, 3.05) is 11.9 Å². The lowest BCUT2D eigenvalue weighted by Gasteiger charge is -2.27. The van der Waals surface area contributed by atoms with E-state index in [1.54, 1.807) is 31.2 Å². The number of halogens is 1. The van der Waals surface area contributed by atoms with Crippen LogP contribution in [0.15, 0.2) is 48.5 Å². The van der Waals surface area contributed by atoms with Crippen molar-refractivity contribution in [3.05, 3.63) is 64.7 Å². The number of aryl methyl sites for hydroxylation is 1. The van der Waals surface area contributed by atoms with Crippen molar-refractivity contribution in [2.24, 2.45) is 5.73 Å². The van der Waals surface area contributed by atoms with Gasteiger partial charge in [-0.15, -0.1) is 0 Å². The summed E-state index contributed by atoms with van der Waals surface area (Å²) >= 11 is 6.10. The predicted molar refractivity (Wildman–Crippen MR) is 95.8 cm³/mol. The maximum atomic E-state index is 12.2. The SMILES string of the molecule is Cc1ccc(NC(=O)CNC(C)(C(N)=O)c2ccccc2)c(Cl)c1. The number of nitrogens with one attached hydrogen (secondary N) is 2. The lowest BCUT2D eigenvalue weighted by Crippen LogP contribution is -2.52. The Labute approximate surface area is 146 Å². The van der Waals surface area contributed by atoms with E-state index in [0.29, 0.717) is 16.3 Å². The minimum absolute atomic E-state index is 0.0848. The number of primary amides is 1. The minimum Gasteiger partial charge on any atom is -0.368 e. The Morgan fingerprint density at radius 2 is 1.83 bits per heavy atom. The topological polar surface area (TPSA) is 84.2 Å². The highest BCUT2D eigenvalue weighted by Gasteiger charge is 2.33. The highest BCUT2D eigenvalue weighted by atomic mass is 35.5. The first-order valence-electron chi connectivity index (χ1n) is 7.49. The van der Waals surface area contributed by atoms with Crippen LogP contribution < -0.4 is 16.4 Å². The number of hydrogen-bond acceptors (Lipinski definition) is 3. The monoisotopic (exact) mass is 345 g/mol. The van der Waals surface area contributed by atoms with Gasteiger partial charge in [-0.3, -0.25) is 14.9 Å². The molecule has 0 radical (unpaired) electrons. The fraction of sp³-hybridized carbons (Fsp3) is 0.222. The van der Waals surface area contributed by atoms with Crippen molar-refractivity contribution < 1.29 is 9.59 Å². The maximum Gasteiger partial charge on any atom is 0.242 e. The molecule has 5 nitrogen and oxygen atoms in total. The summed E-state index contributed by atoms with van der Waals surface area (Å²) in [5, 5.41) is 6.11. The van der Waals surface area contributed by atoms with Crippen LogP contribution in [0.25, 0.3) is 0 Å². The molecule has 2 aromatic rings. The molecule has 0 aliphatic heterocycles. The molecule has 0 spiro atoms. The average molecular weight is 346 g/mol. The van der Waals surface area contributed by atoms with E-state index < -0.39 is 11.4 Å². The standard InChI is InChI=1S/C18H20ClN3O2/c1-12-8-9-15(14(19)10-12)22-16(23)11-21-18(2,17(20)24)13-6-4-3-5-7-13/h3-10,21H,11H2,1-2H3,(H2,20,24)(H,22,23). The van der Waals surface area contributed by atoms with E-state index in [9.17, 15) is 9.59 Å². The minimum atomic E-state index is -1.14. The Bertz CT molecular complexity index is 749. The van der Waals surface area contributed by atoms with Crippen LogP contribution in [0.1, 0.15) is 18.1 Å². The van der Waals surface area contributed by atoms with E-state index in [1.165, 1.54) is 0 Å². The summed E-state index contributed by atoms with van der Waals surface area (Å²) < 4.78 is 0. The molecule has 0 fully saturated rings. The van der Waals surface area contributed by atoms with Gasteiger partial charge in [0.15, 0.2) is 0 Å². The van der Waals surface area contributed by atoms with E-state index in [1.807, 2.05) is 31.2 Å². The van der Waals surface area contributed by atoms with Crippen LogP contribution in [0.5, 0.6) is 0 Å². The molecule has 0 saturated heterocycles. The van der Waals surface area contributed by atoms with Crippen molar-refractivity contribution in [2.45, 2.75) is 19.4 Å². The number of carbonyl (C=O) groups excluding carboxylic acids is 2. The number of nitrogens with two attached hydrogens (primary N) is 1. The Balaban J connectivity index is 2.07. The number of benzene rings is 2. The lowest BCUT2D eigenvalue weighted by molar-refractivity contribution is -0.124. The first kappa shape index (κ1) is 18.0. The van der Waals surface area contributed by atoms with Gasteiger partial charge in [-0.2, -0.15) is 0 Å². The molecular weight excluding hydrogens is 326 g/mol. The van der Waals surface area contributed by atoms with Crippen LogP contribution in [-0.2, 0) is 15.1 Å². The van der Waals surface area contributed by atoms with Gasteiger partial charge in [0.05, 0.1) is 17.3 Å². The van der Waals surface area contributed by atoms with Crippen LogP contribution in [0.3, 0.4) is 0 Å². The molecule has 0 aliphatic rings. The summed E-state index contributed by atoms with van der Waals surface area (Å²) in [6, 6.07) is 14.4. The Kier molecular flexibility index (Phi) is 5.59. The number of amides is 2. The predicted octanol–water partition coefficient (Wildman–Crippen LogP) is 2.58. The van der Waals surface area contributed by atoms with Gasteiger partial charge < -0.3 is 11.1 Å². The van der Waals surface area contributed by atoms with Crippen LogP contribution in [-0.4, -0.2) is 18.4 Å². The van der Waals surface area contributed by atoms with Gasteiger partial charge in [-0.25, -0.2) is 0 Å². The van der Waals surface area contributed by atoms with Crippen molar-refractivity contribution >= 4 is 29.1 Å². The first-order chi connectivity index (χ1) is 11.3. The second-order valence-electron chi connectivity index (χ2n) is 5.74. The van der Waals surface area contributed by atoms with Gasteiger partial charge in [-0.05, 0) is 37.1 Å². The fourth-order valence-electron chi connectivity index (χ4n) is 2.28. The van der Waals surface area contributed by atoms with Crippen molar-refractivity contribution in [3.8, 4) is 0 Å². The summed E-state index contributed by atoms with van der Waals surface area (Å²) in [5.74, 6) is -0.876. The summed E-state index contributed by atoms with van der Waals surface area (Å²) in [5.41, 5.74) is 6.60. The second kappa shape index (κ2) is 7.47. The van der Waals surface area contributed by atoms with E-state index in [2.05, 4.69) is 10.6 Å². The summed E-state index contributed by atoms with van der Waals surface area (Å²) in [7, 11) is 0. The van der Waals surface area contributed by atoms with Gasteiger partial charge >= 0.3 is 0 Å². The molecule has 0 aromatic heterocycles. The largest absolute Gasteiger partial charge is 0.368 e. The average Bonchev–Trinajstić information content (AvgIpc) is 2.56. The second-order valence-corrected chi connectivity index (χ2v) is 6.15. The molecule has 0 saturated carbocycles. The highest BCUT2D eigenvalue weighted by Crippen LogP contribution is 2.23. The Morgan fingerprint density at radius 1 is 1.17 bits per heavy atom. The highest BCUT2D eigenvalue weighted by molar-refractivity contribution is 6.33. The van der Waals surface area contributed by atoms with E-state index in [-0.39, 0.29) is 12.5 Å². The number of carbonyl (C=O) groups is 2. The molecule has 6 heteroatoms. The normalized spacial score (nSPS) is 13.1. The number of hydrogen-bond donors (Lipinski definition) is 3. The Hall–Kier alpha value is -2.37. The molecular formula is C18H20ClN3O2. The molecule has 2 aromatic carbocycles. The molecule has 126 valence electrons. The first-order valence-corrected chi connectivity index (χ1v) is 7.87. The van der Waals surface area contributed by atoms with E-state index in [0.717, 1.165) is 5.56 Å². The number of anilines is 1. The third-order valence-corrected chi connectivity index (χ3v) is 4.16. The molecule has 2 rings (SSSR count). The van der Waals surface area contributed by atoms with E-state index in [4.69, 9.17) is 17.3 Å². The summed E-state index contributed by atoms with van der Waals surface area (Å²) in [6.45, 7) is 3.48. The zero-order valence-corrected chi connectivity index (χ0v) is 14.4. The molecule has 0 heterocycles. The quantitative estimate of drug-likeness (QED) is 0.752. The Morgan fingerprint density at radius 3 is 2.42 bits per heavy atom. The van der Waals surface area contributed by atoms with E-state index >= 15 is 0 Å². The molecule has 0 aliphatic carbocycles. The molecule has 2 amide bonds. The van der Waals surface area contributed by atoms with Gasteiger partial charge in [0.25, 0.3) is 0 Å². The zero-order chi connectivity index (χ0) is 17.7. The molecule has 1 atom stereocenters. The molecule has 24 heavy (non-hydrogen) atoms. The van der Waals surface area contributed by atoms with Crippen molar-refractivity contribution in [1.82, 2.24) is 5.32 Å². The lowest BCUT2D eigenvalue weighted by atomic mass is 9.91.